The molecule has 0 amide bonds. The Labute approximate surface area is 180 Å². The van der Waals surface area contributed by atoms with Crippen LogP contribution in [0.3, 0.4) is 0 Å². The predicted octanol–water partition coefficient (Wildman–Crippen LogP) is 6.12. The van der Waals surface area contributed by atoms with E-state index in [0.717, 1.165) is 22.6 Å². The van der Waals surface area contributed by atoms with E-state index >= 15 is 0 Å². The van der Waals surface area contributed by atoms with Gasteiger partial charge in [-0.2, -0.15) is 5.10 Å². The van der Waals surface area contributed by atoms with Gasteiger partial charge in [-0.3, -0.25) is 15.5 Å². The lowest BCUT2D eigenvalue weighted by atomic mass is 10.1. The minimum absolute atomic E-state index is 0.0522. The maximum atomic E-state index is 10.7. The molecule has 0 atom stereocenters. The monoisotopic (exact) mass is 410 g/mol. The van der Waals surface area contributed by atoms with Gasteiger partial charge in [0.1, 0.15) is 0 Å². The Kier molecular flexibility index (Phi) is 5.62. The number of hydrazone groups is 1. The summed E-state index contributed by atoms with van der Waals surface area (Å²) in [6, 6.07) is 27.1. The Hall–Kier alpha value is -4.19. The van der Waals surface area contributed by atoms with Gasteiger partial charge >= 0.3 is 0 Å². The minimum Gasteiger partial charge on any atom is -0.318 e. The molecule has 4 aromatic rings. The van der Waals surface area contributed by atoms with Crippen LogP contribution in [0.25, 0.3) is 16.8 Å². The standard InChI is InChI=1S/C25H22N4O2/c1-18-16-22(17-26-27-23-10-14-25(15-11-23)29(30)31)19(2)28(18)24-12-8-21(9-13-24)20-6-4-3-5-7-20/h3-17,27H,1-2H3/b26-17-. The molecule has 0 aliphatic carbocycles. The quantitative estimate of drug-likeness (QED) is 0.237. The molecule has 0 unspecified atom stereocenters. The first-order valence-electron chi connectivity index (χ1n) is 9.91. The number of benzene rings is 3. The summed E-state index contributed by atoms with van der Waals surface area (Å²) in [4.78, 5) is 10.3. The van der Waals surface area contributed by atoms with Crippen molar-refractivity contribution in [3.05, 3.63) is 112 Å². The third kappa shape index (κ3) is 4.38. The second-order valence-corrected chi connectivity index (χ2v) is 7.25. The number of non-ortho nitro benzene ring substituents is 1. The molecule has 0 saturated carbocycles. The van der Waals surface area contributed by atoms with Gasteiger partial charge in [0.15, 0.2) is 0 Å². The molecule has 0 radical (unpaired) electrons. The van der Waals surface area contributed by atoms with Gasteiger partial charge in [0.2, 0.25) is 0 Å². The van der Waals surface area contributed by atoms with Crippen molar-refractivity contribution in [3.8, 4) is 16.8 Å². The number of aryl methyl sites for hydroxylation is 1. The maximum absolute atomic E-state index is 10.7. The number of hydrogen-bond acceptors (Lipinski definition) is 4. The molecule has 6 nitrogen and oxygen atoms in total. The van der Waals surface area contributed by atoms with Crippen LogP contribution in [0.15, 0.2) is 90.0 Å². The highest BCUT2D eigenvalue weighted by molar-refractivity contribution is 5.83. The van der Waals surface area contributed by atoms with Crippen LogP contribution in [0.5, 0.6) is 0 Å². The fourth-order valence-electron chi connectivity index (χ4n) is 3.58. The Bertz CT molecular complexity index is 1230. The van der Waals surface area contributed by atoms with Gasteiger partial charge in [0, 0.05) is 34.8 Å². The summed E-state index contributed by atoms with van der Waals surface area (Å²) in [6.45, 7) is 4.13. The zero-order valence-electron chi connectivity index (χ0n) is 17.3. The lowest BCUT2D eigenvalue weighted by Gasteiger charge is -2.11. The maximum Gasteiger partial charge on any atom is 0.269 e. The number of nitrogens with one attached hydrogen (secondary N) is 1. The second-order valence-electron chi connectivity index (χ2n) is 7.25. The first kappa shape index (κ1) is 20.1. The first-order chi connectivity index (χ1) is 15.0. The smallest absolute Gasteiger partial charge is 0.269 e. The van der Waals surface area contributed by atoms with Gasteiger partial charge in [0.05, 0.1) is 16.8 Å². The molecule has 0 spiro atoms. The van der Waals surface area contributed by atoms with Gasteiger partial charge in [-0.1, -0.05) is 42.5 Å². The molecule has 4 rings (SSSR count). The fraction of sp³-hybridized carbons (Fsp3) is 0.0800. The Morgan fingerprint density at radius 3 is 2.19 bits per heavy atom. The van der Waals surface area contributed by atoms with E-state index in [4.69, 9.17) is 0 Å². The predicted molar refractivity (Wildman–Crippen MR) is 125 cm³/mol. The SMILES string of the molecule is Cc1cc(/C=N\Nc2ccc([N+](=O)[O-])cc2)c(C)n1-c1ccc(-c2ccccc2)cc1. The Balaban J connectivity index is 1.52. The molecule has 154 valence electrons. The molecular formula is C25H22N4O2. The van der Waals surface area contributed by atoms with E-state index in [1.807, 2.05) is 18.2 Å². The highest BCUT2D eigenvalue weighted by Gasteiger charge is 2.10. The Morgan fingerprint density at radius 1 is 0.903 bits per heavy atom. The van der Waals surface area contributed by atoms with E-state index in [9.17, 15) is 10.1 Å². The van der Waals surface area contributed by atoms with Crippen LogP contribution in [-0.4, -0.2) is 15.7 Å². The summed E-state index contributed by atoms with van der Waals surface area (Å²) in [6.07, 6.45) is 1.76. The average molecular weight is 410 g/mol. The van der Waals surface area contributed by atoms with Gasteiger partial charge in [-0.05, 0) is 55.3 Å². The van der Waals surface area contributed by atoms with Crippen molar-refractivity contribution >= 4 is 17.6 Å². The van der Waals surface area contributed by atoms with E-state index in [-0.39, 0.29) is 5.69 Å². The Morgan fingerprint density at radius 2 is 1.55 bits per heavy atom. The van der Waals surface area contributed by atoms with Crippen LogP contribution in [0.4, 0.5) is 11.4 Å². The van der Waals surface area contributed by atoms with Crippen LogP contribution in [0, 0.1) is 24.0 Å². The van der Waals surface area contributed by atoms with Crippen LogP contribution >= 0.6 is 0 Å². The molecule has 1 N–H and O–H groups in total. The van der Waals surface area contributed by atoms with Crippen molar-refractivity contribution in [2.75, 3.05) is 5.43 Å². The highest BCUT2D eigenvalue weighted by Crippen LogP contribution is 2.24. The van der Waals surface area contributed by atoms with Crippen molar-refractivity contribution in [1.29, 1.82) is 0 Å². The van der Waals surface area contributed by atoms with E-state index in [1.165, 1.54) is 23.3 Å². The van der Waals surface area contributed by atoms with E-state index in [0.29, 0.717) is 5.69 Å². The fourth-order valence-corrected chi connectivity index (χ4v) is 3.58. The lowest BCUT2D eigenvalue weighted by Crippen LogP contribution is -2.00. The molecular weight excluding hydrogens is 388 g/mol. The number of rotatable bonds is 6. The lowest BCUT2D eigenvalue weighted by molar-refractivity contribution is -0.384. The van der Waals surface area contributed by atoms with E-state index < -0.39 is 4.92 Å². The van der Waals surface area contributed by atoms with Gasteiger partial charge in [-0.15, -0.1) is 0 Å². The minimum atomic E-state index is -0.422. The third-order valence-corrected chi connectivity index (χ3v) is 5.18. The average Bonchev–Trinajstić information content (AvgIpc) is 3.08. The molecule has 1 heterocycles. The van der Waals surface area contributed by atoms with E-state index in [1.54, 1.807) is 18.3 Å². The molecule has 0 bridgehead atoms. The molecule has 1 aromatic heterocycles. The summed E-state index contributed by atoms with van der Waals surface area (Å²) >= 11 is 0. The number of anilines is 1. The number of aromatic nitrogens is 1. The molecule has 0 fully saturated rings. The number of nitro benzene ring substituents is 1. The molecule has 3 aromatic carbocycles. The zero-order chi connectivity index (χ0) is 21.8. The number of nitrogens with zero attached hydrogens (tertiary/aromatic N) is 3. The third-order valence-electron chi connectivity index (χ3n) is 5.18. The van der Waals surface area contributed by atoms with Crippen molar-refractivity contribution in [3.63, 3.8) is 0 Å². The topological polar surface area (TPSA) is 72.5 Å². The molecule has 0 saturated heterocycles. The van der Waals surface area contributed by atoms with Gasteiger partial charge in [0.25, 0.3) is 5.69 Å². The first-order valence-corrected chi connectivity index (χ1v) is 9.91. The van der Waals surface area contributed by atoms with Crippen LogP contribution in [-0.2, 0) is 0 Å². The second kappa shape index (κ2) is 8.67. The highest BCUT2D eigenvalue weighted by atomic mass is 16.6. The van der Waals surface area contributed by atoms with Crippen LogP contribution in [0.1, 0.15) is 17.0 Å². The van der Waals surface area contributed by atoms with Gasteiger partial charge < -0.3 is 4.57 Å². The summed E-state index contributed by atoms with van der Waals surface area (Å²) in [5.74, 6) is 0. The molecule has 6 heteroatoms. The van der Waals surface area contributed by atoms with Crippen LogP contribution < -0.4 is 5.43 Å². The van der Waals surface area contributed by atoms with Crippen LogP contribution in [0.2, 0.25) is 0 Å². The molecule has 0 aliphatic rings. The number of hydrogen-bond donors (Lipinski definition) is 1. The van der Waals surface area contributed by atoms with Crippen molar-refractivity contribution in [2.24, 2.45) is 5.10 Å². The van der Waals surface area contributed by atoms with E-state index in [2.05, 4.69) is 71.4 Å². The van der Waals surface area contributed by atoms with Gasteiger partial charge in [-0.25, -0.2) is 0 Å². The molecule has 0 aliphatic heterocycles. The zero-order valence-corrected chi connectivity index (χ0v) is 17.3. The number of nitro groups is 1. The summed E-state index contributed by atoms with van der Waals surface area (Å²) in [5, 5.41) is 15.0. The molecule has 31 heavy (non-hydrogen) atoms. The summed E-state index contributed by atoms with van der Waals surface area (Å²) < 4.78 is 2.20. The normalized spacial score (nSPS) is 11.0. The van der Waals surface area contributed by atoms with Crippen molar-refractivity contribution in [1.82, 2.24) is 4.57 Å². The largest absolute Gasteiger partial charge is 0.318 e. The van der Waals surface area contributed by atoms with Crippen molar-refractivity contribution in [2.45, 2.75) is 13.8 Å². The summed E-state index contributed by atoms with van der Waals surface area (Å²) in [5.41, 5.74) is 10.3. The van der Waals surface area contributed by atoms with Crippen molar-refractivity contribution < 1.29 is 4.92 Å². The summed E-state index contributed by atoms with van der Waals surface area (Å²) in [7, 11) is 0.